The van der Waals surface area contributed by atoms with Crippen LogP contribution in [0, 0.1) is 11.6 Å². The second-order valence-corrected chi connectivity index (χ2v) is 6.43. The summed E-state index contributed by atoms with van der Waals surface area (Å²) in [5, 5.41) is 9.48. The van der Waals surface area contributed by atoms with Gasteiger partial charge < -0.3 is 5.11 Å². The molecule has 130 valence electrons. The molecule has 3 rings (SSSR count). The van der Waals surface area contributed by atoms with Gasteiger partial charge in [0.1, 0.15) is 0 Å². The molecule has 0 amide bonds. The number of aliphatic carboxylic acids is 1. The number of carboxylic acid groups (broad SMARTS) is 1. The van der Waals surface area contributed by atoms with Crippen LogP contribution >= 0.6 is 11.8 Å². The Morgan fingerprint density at radius 3 is 2.64 bits per heavy atom. The zero-order chi connectivity index (χ0) is 18.3. The number of rotatable bonds is 3. The molecular weight excluding hydrogens is 354 g/mol. The first-order valence-electron chi connectivity index (χ1n) is 7.14. The molecule has 1 N–H and O–H groups in total. The van der Waals surface area contributed by atoms with Crippen molar-refractivity contribution in [1.82, 2.24) is 9.13 Å². The van der Waals surface area contributed by atoms with Crippen LogP contribution in [-0.4, -0.2) is 26.0 Å². The van der Waals surface area contributed by atoms with Gasteiger partial charge in [-0.15, -0.1) is 11.8 Å². The van der Waals surface area contributed by atoms with Crippen LogP contribution in [-0.2, 0) is 18.4 Å². The fraction of sp³-hybridized carbons (Fsp3) is 0.188. The minimum Gasteiger partial charge on any atom is -0.478 e. The number of carbonyl (C=O) groups is 1. The van der Waals surface area contributed by atoms with Crippen molar-refractivity contribution in [3.8, 4) is 0 Å². The lowest BCUT2D eigenvalue weighted by atomic mass is 10.2. The zero-order valence-electron chi connectivity index (χ0n) is 13.0. The molecular formula is C16H12F2N2O4S. The monoisotopic (exact) mass is 366 g/mol. The summed E-state index contributed by atoms with van der Waals surface area (Å²) in [7, 11) is 1.47. The number of hydrogen-bond donors (Lipinski definition) is 1. The molecule has 0 saturated heterocycles. The van der Waals surface area contributed by atoms with E-state index < -0.39 is 28.9 Å². The van der Waals surface area contributed by atoms with Crippen molar-refractivity contribution in [2.45, 2.75) is 11.6 Å². The number of thioether (sulfide) groups is 1. The van der Waals surface area contributed by atoms with Crippen molar-refractivity contribution in [2.24, 2.45) is 7.05 Å². The molecule has 0 unspecified atom stereocenters. The summed E-state index contributed by atoms with van der Waals surface area (Å²) < 4.78 is 28.5. The van der Waals surface area contributed by atoms with Crippen LogP contribution in [0.1, 0.15) is 11.1 Å². The van der Waals surface area contributed by atoms with Gasteiger partial charge in [-0.3, -0.25) is 13.9 Å². The molecule has 1 aliphatic heterocycles. The Balaban J connectivity index is 2.16. The first-order valence-corrected chi connectivity index (χ1v) is 8.12. The van der Waals surface area contributed by atoms with Crippen LogP contribution < -0.4 is 11.2 Å². The third kappa shape index (κ3) is 3.02. The summed E-state index contributed by atoms with van der Waals surface area (Å²) in [5.74, 6) is -3.11. The number of benzene rings is 1. The van der Waals surface area contributed by atoms with E-state index in [1.165, 1.54) is 23.8 Å². The molecule has 0 spiro atoms. The lowest BCUT2D eigenvalue weighted by molar-refractivity contribution is -0.132. The first-order chi connectivity index (χ1) is 11.8. The smallest absolute Gasteiger partial charge is 0.332 e. The highest BCUT2D eigenvalue weighted by Gasteiger charge is 2.23. The Kier molecular flexibility index (Phi) is 4.34. The number of halogens is 2. The second-order valence-electron chi connectivity index (χ2n) is 5.46. The van der Waals surface area contributed by atoms with E-state index >= 15 is 0 Å². The van der Waals surface area contributed by atoms with Crippen LogP contribution in [0.4, 0.5) is 8.78 Å². The number of hydrogen-bond acceptors (Lipinski definition) is 4. The SMILES string of the molecule is Cn1c2c(c(=O)n(Cc3ccc(F)c(F)c3)c1=O)C=C(C(=O)O)CS2. The van der Waals surface area contributed by atoms with Gasteiger partial charge in [0.25, 0.3) is 5.56 Å². The fourth-order valence-corrected chi connectivity index (χ4v) is 3.59. The highest BCUT2D eigenvalue weighted by Crippen LogP contribution is 2.28. The summed E-state index contributed by atoms with van der Waals surface area (Å²) >= 11 is 1.09. The number of carboxylic acids is 1. The highest BCUT2D eigenvalue weighted by molar-refractivity contribution is 7.99. The van der Waals surface area contributed by atoms with E-state index in [2.05, 4.69) is 0 Å². The van der Waals surface area contributed by atoms with E-state index in [0.29, 0.717) is 5.03 Å². The average Bonchev–Trinajstić information content (AvgIpc) is 2.59. The van der Waals surface area contributed by atoms with Crippen LogP contribution in [0.3, 0.4) is 0 Å². The minimum absolute atomic E-state index is 0.0487. The lowest BCUT2D eigenvalue weighted by Crippen LogP contribution is -2.42. The standard InChI is InChI=1S/C16H12F2N2O4S/c1-19-14-10(5-9(7-25-14)15(22)23)13(21)20(16(19)24)6-8-2-3-11(17)12(18)4-8/h2-5H,6-7H2,1H3,(H,22,23). The molecule has 1 aromatic heterocycles. The van der Waals surface area contributed by atoms with E-state index in [1.54, 1.807) is 0 Å². The van der Waals surface area contributed by atoms with Crippen molar-refractivity contribution in [3.63, 3.8) is 0 Å². The van der Waals surface area contributed by atoms with E-state index in [0.717, 1.165) is 28.5 Å². The van der Waals surface area contributed by atoms with Gasteiger partial charge in [-0.25, -0.2) is 18.4 Å². The Morgan fingerprint density at radius 1 is 1.28 bits per heavy atom. The normalized spacial score (nSPS) is 13.3. The third-order valence-electron chi connectivity index (χ3n) is 3.81. The van der Waals surface area contributed by atoms with E-state index in [1.807, 2.05) is 0 Å². The van der Waals surface area contributed by atoms with E-state index in [9.17, 15) is 23.2 Å². The molecule has 0 bridgehead atoms. The van der Waals surface area contributed by atoms with Crippen LogP contribution in [0.2, 0.25) is 0 Å². The van der Waals surface area contributed by atoms with Gasteiger partial charge in [0.05, 0.1) is 17.1 Å². The Hall–Kier alpha value is -2.68. The first kappa shape index (κ1) is 17.2. The number of fused-ring (bicyclic) bond motifs is 1. The van der Waals surface area contributed by atoms with Crippen molar-refractivity contribution < 1.29 is 18.7 Å². The van der Waals surface area contributed by atoms with Gasteiger partial charge in [0.2, 0.25) is 0 Å². The predicted octanol–water partition coefficient (Wildman–Crippen LogP) is 1.45. The zero-order valence-corrected chi connectivity index (χ0v) is 13.8. The van der Waals surface area contributed by atoms with Crippen molar-refractivity contribution in [2.75, 3.05) is 5.75 Å². The summed E-state index contributed by atoms with van der Waals surface area (Å²) in [6, 6.07) is 3.10. The maximum Gasteiger partial charge on any atom is 0.332 e. The molecule has 0 saturated carbocycles. The van der Waals surface area contributed by atoms with Crippen molar-refractivity contribution in [3.05, 3.63) is 67.4 Å². The van der Waals surface area contributed by atoms with Gasteiger partial charge in [0, 0.05) is 18.4 Å². The molecule has 0 atom stereocenters. The quantitative estimate of drug-likeness (QED) is 0.832. The van der Waals surface area contributed by atoms with Crippen LogP contribution in [0.5, 0.6) is 0 Å². The molecule has 2 heterocycles. The maximum absolute atomic E-state index is 13.4. The Labute approximate surface area is 144 Å². The minimum atomic E-state index is -1.14. The Bertz CT molecular complexity index is 1040. The van der Waals surface area contributed by atoms with Crippen LogP contribution in [0.15, 0.2) is 38.4 Å². The van der Waals surface area contributed by atoms with Crippen LogP contribution in [0.25, 0.3) is 6.08 Å². The van der Waals surface area contributed by atoms with Crippen molar-refractivity contribution >= 4 is 23.8 Å². The summed E-state index contributed by atoms with van der Waals surface area (Å²) in [6.07, 6.45) is 1.25. The Morgan fingerprint density at radius 2 is 2.00 bits per heavy atom. The topological polar surface area (TPSA) is 81.3 Å². The molecule has 1 aromatic carbocycles. The molecule has 1 aliphatic rings. The summed E-state index contributed by atoms with van der Waals surface area (Å²) in [5.41, 5.74) is -0.906. The van der Waals surface area contributed by atoms with Crippen molar-refractivity contribution in [1.29, 1.82) is 0 Å². The van der Waals surface area contributed by atoms with E-state index in [4.69, 9.17) is 5.11 Å². The molecule has 6 nitrogen and oxygen atoms in total. The molecule has 9 heteroatoms. The molecule has 0 fully saturated rings. The molecule has 0 aliphatic carbocycles. The predicted molar refractivity (Wildman–Crippen MR) is 87.7 cm³/mol. The lowest BCUT2D eigenvalue weighted by Gasteiger charge is -2.18. The third-order valence-corrected chi connectivity index (χ3v) is 5.03. The average molecular weight is 366 g/mol. The number of aromatic nitrogens is 2. The largest absolute Gasteiger partial charge is 0.478 e. The molecule has 0 radical (unpaired) electrons. The maximum atomic E-state index is 13.4. The second kappa shape index (κ2) is 6.32. The molecule has 25 heavy (non-hydrogen) atoms. The van der Waals surface area contributed by atoms with Gasteiger partial charge in [-0.05, 0) is 23.8 Å². The van der Waals surface area contributed by atoms with E-state index in [-0.39, 0.29) is 29.0 Å². The fourth-order valence-electron chi connectivity index (χ4n) is 2.52. The van der Waals surface area contributed by atoms with Gasteiger partial charge >= 0.3 is 11.7 Å². The number of nitrogens with zero attached hydrogens (tertiary/aromatic N) is 2. The summed E-state index contributed by atoms with van der Waals surface area (Å²) in [6.45, 7) is -0.253. The van der Waals surface area contributed by atoms with Gasteiger partial charge in [-0.2, -0.15) is 0 Å². The molecule has 2 aromatic rings. The summed E-state index contributed by atoms with van der Waals surface area (Å²) in [4.78, 5) is 36.2. The van der Waals surface area contributed by atoms with Gasteiger partial charge in [0.15, 0.2) is 11.6 Å². The van der Waals surface area contributed by atoms with Gasteiger partial charge in [-0.1, -0.05) is 6.07 Å². The highest BCUT2D eigenvalue weighted by atomic mass is 32.2.